The molecule has 3 amide bonds. The topological polar surface area (TPSA) is 57.7 Å². The van der Waals surface area contributed by atoms with E-state index in [2.05, 4.69) is 0 Å². The van der Waals surface area contributed by atoms with Crippen LogP contribution in [0.5, 0.6) is 0 Å². The lowest BCUT2D eigenvalue weighted by Gasteiger charge is -2.37. The van der Waals surface area contributed by atoms with Crippen molar-refractivity contribution in [1.82, 2.24) is 4.90 Å². The number of anilines is 1. The van der Waals surface area contributed by atoms with Crippen LogP contribution < -0.4 is 4.90 Å². The Balaban J connectivity index is 1.69. The summed E-state index contributed by atoms with van der Waals surface area (Å²) in [6, 6.07) is 13.2. The number of aryl methyl sites for hydroxylation is 1. The first-order valence-corrected chi connectivity index (χ1v) is 10.9. The molecule has 6 heteroatoms. The fourth-order valence-electron chi connectivity index (χ4n) is 4.57. The SMILES string of the molecule is Cc1ccccc1C(=O)N(C1CCCCC1)C1CC(=O)N(c2ccc(Cl)cc2)C1=O. The second-order valence-electron chi connectivity index (χ2n) is 8.08. The average Bonchev–Trinajstić information content (AvgIpc) is 3.04. The summed E-state index contributed by atoms with van der Waals surface area (Å²) in [5, 5.41) is 0.535. The quantitative estimate of drug-likeness (QED) is 0.665. The fraction of sp³-hybridized carbons (Fsp3) is 0.375. The molecule has 0 spiro atoms. The van der Waals surface area contributed by atoms with Gasteiger partial charge in [-0.3, -0.25) is 14.4 Å². The third-order valence-corrected chi connectivity index (χ3v) is 6.37. The molecule has 2 aromatic carbocycles. The standard InChI is InChI=1S/C24H25ClN2O3/c1-16-7-5-6-10-20(16)23(29)26(18-8-3-2-4-9-18)21-15-22(28)27(24(21)30)19-13-11-17(25)12-14-19/h5-7,10-14,18,21H,2-4,8-9,15H2,1H3. The zero-order valence-corrected chi connectivity index (χ0v) is 17.8. The van der Waals surface area contributed by atoms with Crippen LogP contribution >= 0.6 is 11.6 Å². The molecule has 1 heterocycles. The highest BCUT2D eigenvalue weighted by molar-refractivity contribution is 6.31. The van der Waals surface area contributed by atoms with Crippen molar-refractivity contribution in [2.24, 2.45) is 0 Å². The largest absolute Gasteiger partial charge is 0.323 e. The number of carbonyl (C=O) groups is 3. The van der Waals surface area contributed by atoms with Gasteiger partial charge in [-0.05, 0) is 55.7 Å². The molecule has 0 N–H and O–H groups in total. The molecule has 1 aliphatic carbocycles. The molecule has 0 bridgehead atoms. The van der Waals surface area contributed by atoms with Gasteiger partial charge in [-0.25, -0.2) is 4.90 Å². The Kier molecular flexibility index (Phi) is 5.91. The van der Waals surface area contributed by atoms with E-state index in [9.17, 15) is 14.4 Å². The van der Waals surface area contributed by atoms with E-state index in [1.165, 1.54) is 4.90 Å². The maximum Gasteiger partial charge on any atom is 0.257 e. The van der Waals surface area contributed by atoms with Gasteiger partial charge in [0.25, 0.3) is 11.8 Å². The third-order valence-electron chi connectivity index (χ3n) is 6.12. The number of nitrogens with zero attached hydrogens (tertiary/aromatic N) is 2. The zero-order chi connectivity index (χ0) is 21.3. The van der Waals surface area contributed by atoms with Gasteiger partial charge in [-0.1, -0.05) is 49.1 Å². The van der Waals surface area contributed by atoms with Crippen molar-refractivity contribution >= 4 is 35.0 Å². The van der Waals surface area contributed by atoms with Crippen molar-refractivity contribution in [2.75, 3.05) is 4.90 Å². The Morgan fingerprint density at radius 2 is 1.67 bits per heavy atom. The highest BCUT2D eigenvalue weighted by Gasteiger charge is 2.46. The molecule has 4 rings (SSSR count). The van der Waals surface area contributed by atoms with Crippen LogP contribution in [0.25, 0.3) is 0 Å². The summed E-state index contributed by atoms with van der Waals surface area (Å²) in [5.74, 6) is -0.787. The monoisotopic (exact) mass is 424 g/mol. The van der Waals surface area contributed by atoms with E-state index in [-0.39, 0.29) is 30.2 Å². The molecule has 1 saturated carbocycles. The van der Waals surface area contributed by atoms with Gasteiger partial charge in [0.1, 0.15) is 6.04 Å². The summed E-state index contributed by atoms with van der Waals surface area (Å²) < 4.78 is 0. The number of benzene rings is 2. The van der Waals surface area contributed by atoms with Crippen molar-refractivity contribution in [1.29, 1.82) is 0 Å². The lowest BCUT2D eigenvalue weighted by Crippen LogP contribution is -2.51. The van der Waals surface area contributed by atoms with E-state index >= 15 is 0 Å². The van der Waals surface area contributed by atoms with E-state index in [0.29, 0.717) is 16.3 Å². The van der Waals surface area contributed by atoms with Crippen LogP contribution in [-0.4, -0.2) is 34.7 Å². The number of hydrogen-bond acceptors (Lipinski definition) is 3. The van der Waals surface area contributed by atoms with Gasteiger partial charge < -0.3 is 4.90 Å². The molecular formula is C24H25ClN2O3. The van der Waals surface area contributed by atoms with Crippen molar-refractivity contribution in [3.8, 4) is 0 Å². The Hall–Kier alpha value is -2.66. The minimum absolute atomic E-state index is 0.00950. The van der Waals surface area contributed by atoms with Crippen LogP contribution in [0.2, 0.25) is 5.02 Å². The zero-order valence-electron chi connectivity index (χ0n) is 17.0. The highest BCUT2D eigenvalue weighted by Crippen LogP contribution is 2.33. The molecule has 1 unspecified atom stereocenters. The van der Waals surface area contributed by atoms with Crippen LogP contribution in [0.1, 0.15) is 54.4 Å². The first-order valence-electron chi connectivity index (χ1n) is 10.5. The number of rotatable bonds is 4. The predicted molar refractivity (Wildman–Crippen MR) is 117 cm³/mol. The average molecular weight is 425 g/mol. The van der Waals surface area contributed by atoms with Gasteiger partial charge in [-0.2, -0.15) is 0 Å². The van der Waals surface area contributed by atoms with Crippen LogP contribution in [0.4, 0.5) is 5.69 Å². The Morgan fingerprint density at radius 3 is 2.33 bits per heavy atom. The second-order valence-corrected chi connectivity index (χ2v) is 8.52. The number of imide groups is 1. The van der Waals surface area contributed by atoms with Crippen molar-refractivity contribution < 1.29 is 14.4 Å². The minimum Gasteiger partial charge on any atom is -0.323 e. The summed E-state index contributed by atoms with van der Waals surface area (Å²) in [4.78, 5) is 42.7. The van der Waals surface area contributed by atoms with E-state index in [1.807, 2.05) is 25.1 Å². The molecule has 1 atom stereocenters. The normalized spacial score (nSPS) is 19.9. The number of carbonyl (C=O) groups excluding carboxylic acids is 3. The smallest absolute Gasteiger partial charge is 0.257 e. The summed E-state index contributed by atoms with van der Waals surface area (Å²) in [6.07, 6.45) is 4.91. The molecule has 5 nitrogen and oxygen atoms in total. The Morgan fingerprint density at radius 1 is 1.00 bits per heavy atom. The minimum atomic E-state index is -0.775. The van der Waals surface area contributed by atoms with E-state index in [4.69, 9.17) is 11.6 Å². The number of hydrogen-bond donors (Lipinski definition) is 0. The summed E-state index contributed by atoms with van der Waals surface area (Å²) in [5.41, 5.74) is 1.95. The summed E-state index contributed by atoms with van der Waals surface area (Å²) >= 11 is 5.95. The van der Waals surface area contributed by atoms with Gasteiger partial charge in [-0.15, -0.1) is 0 Å². The molecule has 1 saturated heterocycles. The van der Waals surface area contributed by atoms with Crippen molar-refractivity contribution in [3.05, 3.63) is 64.7 Å². The predicted octanol–water partition coefficient (Wildman–Crippen LogP) is 4.76. The van der Waals surface area contributed by atoms with E-state index in [0.717, 1.165) is 37.7 Å². The second kappa shape index (κ2) is 8.60. The van der Waals surface area contributed by atoms with Gasteiger partial charge in [0, 0.05) is 16.6 Å². The van der Waals surface area contributed by atoms with E-state index < -0.39 is 6.04 Å². The molecular weight excluding hydrogens is 400 g/mol. The molecule has 156 valence electrons. The molecule has 0 radical (unpaired) electrons. The van der Waals surface area contributed by atoms with Crippen LogP contribution in [0.15, 0.2) is 48.5 Å². The Bertz CT molecular complexity index is 967. The first kappa shape index (κ1) is 20.6. The number of amides is 3. The molecule has 2 aliphatic rings. The molecule has 2 aromatic rings. The summed E-state index contributed by atoms with van der Waals surface area (Å²) in [7, 11) is 0. The lowest BCUT2D eigenvalue weighted by atomic mass is 9.91. The molecule has 2 fully saturated rings. The highest BCUT2D eigenvalue weighted by atomic mass is 35.5. The van der Waals surface area contributed by atoms with Crippen LogP contribution in [0.3, 0.4) is 0 Å². The van der Waals surface area contributed by atoms with Gasteiger partial charge in [0.15, 0.2) is 0 Å². The van der Waals surface area contributed by atoms with E-state index in [1.54, 1.807) is 35.2 Å². The molecule has 1 aliphatic heterocycles. The Labute approximate surface area is 181 Å². The number of halogens is 1. The maximum atomic E-state index is 13.6. The van der Waals surface area contributed by atoms with Gasteiger partial charge in [0.05, 0.1) is 12.1 Å². The molecule has 0 aromatic heterocycles. The third kappa shape index (κ3) is 3.86. The maximum absolute atomic E-state index is 13.6. The first-order chi connectivity index (χ1) is 14.5. The van der Waals surface area contributed by atoms with Gasteiger partial charge in [0.2, 0.25) is 5.91 Å². The van der Waals surface area contributed by atoms with Crippen molar-refractivity contribution in [2.45, 2.75) is 57.5 Å². The van der Waals surface area contributed by atoms with Crippen LogP contribution in [0, 0.1) is 6.92 Å². The lowest BCUT2D eigenvalue weighted by molar-refractivity contribution is -0.123. The molecule has 30 heavy (non-hydrogen) atoms. The van der Waals surface area contributed by atoms with Crippen LogP contribution in [-0.2, 0) is 9.59 Å². The van der Waals surface area contributed by atoms with Crippen molar-refractivity contribution in [3.63, 3.8) is 0 Å². The summed E-state index contributed by atoms with van der Waals surface area (Å²) in [6.45, 7) is 1.90. The van der Waals surface area contributed by atoms with Gasteiger partial charge >= 0.3 is 0 Å². The fourth-order valence-corrected chi connectivity index (χ4v) is 4.69.